The summed E-state index contributed by atoms with van der Waals surface area (Å²) in [5, 5.41) is 3.52. The van der Waals surface area contributed by atoms with Gasteiger partial charge in [-0.05, 0) is 42.4 Å². The molecule has 1 aromatic rings. The second-order valence-corrected chi connectivity index (χ2v) is 6.42. The second kappa shape index (κ2) is 6.07. The Balaban J connectivity index is 1.62. The van der Waals surface area contributed by atoms with Crippen LogP contribution in [0, 0.1) is 11.3 Å². The molecular formula is C15H22BrNO. The van der Waals surface area contributed by atoms with Crippen LogP contribution in [0.15, 0.2) is 28.7 Å². The van der Waals surface area contributed by atoms with Crippen molar-refractivity contribution in [1.82, 2.24) is 5.32 Å². The lowest BCUT2D eigenvalue weighted by atomic mass is 9.92. The maximum absolute atomic E-state index is 5.69. The highest BCUT2D eigenvalue weighted by Gasteiger charge is 2.44. The molecule has 1 aromatic carbocycles. The van der Waals surface area contributed by atoms with Gasteiger partial charge in [-0.2, -0.15) is 0 Å². The van der Waals surface area contributed by atoms with Gasteiger partial charge < -0.3 is 10.1 Å². The zero-order chi connectivity index (χ0) is 13.0. The molecule has 3 heteroatoms. The maximum atomic E-state index is 5.69. The Hall–Kier alpha value is -0.540. The van der Waals surface area contributed by atoms with Crippen LogP contribution in [0.2, 0.25) is 0 Å². The van der Waals surface area contributed by atoms with E-state index < -0.39 is 0 Å². The van der Waals surface area contributed by atoms with Gasteiger partial charge in [-0.3, -0.25) is 0 Å². The summed E-state index contributed by atoms with van der Waals surface area (Å²) in [7, 11) is 0. The molecule has 0 unspecified atom stereocenters. The minimum Gasteiger partial charge on any atom is -0.492 e. The maximum Gasteiger partial charge on any atom is 0.120 e. The lowest BCUT2D eigenvalue weighted by Gasteiger charge is -2.20. The molecule has 0 saturated heterocycles. The minimum atomic E-state index is 0.579. The fourth-order valence-electron chi connectivity index (χ4n) is 2.25. The fraction of sp³-hybridized carbons (Fsp3) is 0.600. The first kappa shape index (κ1) is 13.9. The molecule has 1 aliphatic carbocycles. The highest BCUT2D eigenvalue weighted by Crippen LogP contribution is 2.51. The van der Waals surface area contributed by atoms with E-state index in [1.807, 2.05) is 24.3 Å². The highest BCUT2D eigenvalue weighted by atomic mass is 79.9. The van der Waals surface area contributed by atoms with Gasteiger partial charge in [0.05, 0.1) is 0 Å². The fourth-order valence-corrected chi connectivity index (χ4v) is 2.63. The van der Waals surface area contributed by atoms with Gasteiger partial charge in [0.2, 0.25) is 0 Å². The predicted octanol–water partition coefficient (Wildman–Crippen LogP) is 3.85. The predicted molar refractivity (Wildman–Crippen MR) is 79.0 cm³/mol. The Morgan fingerprint density at radius 1 is 1.39 bits per heavy atom. The molecule has 0 spiro atoms. The number of rotatable bonds is 7. The summed E-state index contributed by atoms with van der Waals surface area (Å²) in [4.78, 5) is 0. The molecule has 2 rings (SSSR count). The quantitative estimate of drug-likeness (QED) is 0.772. The molecule has 100 valence electrons. The molecule has 0 heterocycles. The van der Waals surface area contributed by atoms with Crippen LogP contribution >= 0.6 is 15.9 Å². The zero-order valence-corrected chi connectivity index (χ0v) is 12.8. The van der Waals surface area contributed by atoms with Crippen molar-refractivity contribution in [2.45, 2.75) is 26.7 Å². The van der Waals surface area contributed by atoms with Crippen LogP contribution in [0.1, 0.15) is 26.7 Å². The number of nitrogens with one attached hydrogen (secondary N) is 1. The van der Waals surface area contributed by atoms with E-state index in [0.29, 0.717) is 5.41 Å². The average Bonchev–Trinajstić information content (AvgIpc) is 3.10. The summed E-state index contributed by atoms with van der Waals surface area (Å²) in [5.74, 6) is 1.71. The van der Waals surface area contributed by atoms with Gasteiger partial charge in [0.15, 0.2) is 0 Å². The van der Waals surface area contributed by atoms with Crippen molar-refractivity contribution in [3.63, 3.8) is 0 Å². The Morgan fingerprint density at radius 3 is 2.78 bits per heavy atom. The van der Waals surface area contributed by atoms with E-state index in [1.54, 1.807) is 0 Å². The summed E-state index contributed by atoms with van der Waals surface area (Å²) in [6.45, 7) is 7.43. The molecule has 1 saturated carbocycles. The normalized spacial score (nSPS) is 16.9. The van der Waals surface area contributed by atoms with E-state index in [2.05, 4.69) is 35.1 Å². The van der Waals surface area contributed by atoms with Crippen LogP contribution in [0.4, 0.5) is 0 Å². The van der Waals surface area contributed by atoms with Crippen molar-refractivity contribution in [1.29, 1.82) is 0 Å². The molecule has 1 fully saturated rings. The van der Waals surface area contributed by atoms with Crippen molar-refractivity contribution in [2.75, 3.05) is 19.7 Å². The van der Waals surface area contributed by atoms with Crippen LogP contribution in [0.25, 0.3) is 0 Å². The average molecular weight is 312 g/mol. The van der Waals surface area contributed by atoms with E-state index in [-0.39, 0.29) is 0 Å². The molecule has 0 aromatic heterocycles. The molecule has 1 N–H and O–H groups in total. The van der Waals surface area contributed by atoms with Gasteiger partial charge in [0.1, 0.15) is 12.4 Å². The minimum absolute atomic E-state index is 0.579. The topological polar surface area (TPSA) is 21.3 Å². The largest absolute Gasteiger partial charge is 0.492 e. The van der Waals surface area contributed by atoms with Gasteiger partial charge in [-0.1, -0.05) is 35.8 Å². The van der Waals surface area contributed by atoms with E-state index in [4.69, 9.17) is 4.74 Å². The third kappa shape index (κ3) is 3.72. The second-order valence-electron chi connectivity index (χ2n) is 5.50. The lowest BCUT2D eigenvalue weighted by Crippen LogP contribution is -2.30. The molecule has 0 aliphatic heterocycles. The first-order chi connectivity index (χ1) is 8.62. The van der Waals surface area contributed by atoms with Crippen molar-refractivity contribution < 1.29 is 4.74 Å². The summed E-state index contributed by atoms with van der Waals surface area (Å²) in [5.41, 5.74) is 0.579. The van der Waals surface area contributed by atoms with Crippen LogP contribution in [0.3, 0.4) is 0 Å². The Bertz CT molecular complexity index is 388. The zero-order valence-electron chi connectivity index (χ0n) is 11.2. The Labute approximate surface area is 118 Å². The van der Waals surface area contributed by atoms with E-state index in [0.717, 1.165) is 35.8 Å². The van der Waals surface area contributed by atoms with Crippen molar-refractivity contribution in [3.05, 3.63) is 28.7 Å². The van der Waals surface area contributed by atoms with E-state index >= 15 is 0 Å². The van der Waals surface area contributed by atoms with E-state index in [1.165, 1.54) is 12.8 Å². The summed E-state index contributed by atoms with van der Waals surface area (Å²) in [6, 6.07) is 7.98. The van der Waals surface area contributed by atoms with Gasteiger partial charge in [-0.15, -0.1) is 0 Å². The molecule has 0 bridgehead atoms. The van der Waals surface area contributed by atoms with Gasteiger partial charge in [0.25, 0.3) is 0 Å². The van der Waals surface area contributed by atoms with Gasteiger partial charge >= 0.3 is 0 Å². The lowest BCUT2D eigenvalue weighted by molar-refractivity contribution is 0.289. The summed E-state index contributed by atoms with van der Waals surface area (Å²) < 4.78 is 6.75. The molecule has 0 atom stereocenters. The third-order valence-electron chi connectivity index (χ3n) is 3.94. The van der Waals surface area contributed by atoms with Crippen LogP contribution in [0.5, 0.6) is 5.75 Å². The molecule has 0 radical (unpaired) electrons. The number of hydrogen-bond acceptors (Lipinski definition) is 2. The van der Waals surface area contributed by atoms with Crippen molar-refractivity contribution >= 4 is 15.9 Å². The number of ether oxygens (including phenoxy) is 1. The molecule has 1 aliphatic rings. The standard InChI is InChI=1S/C15H22BrNO/c1-12(2)15(6-7-15)11-17-8-9-18-14-5-3-4-13(16)10-14/h3-5,10,12,17H,6-9,11H2,1-2H3. The molecule has 18 heavy (non-hydrogen) atoms. The smallest absolute Gasteiger partial charge is 0.120 e. The van der Waals surface area contributed by atoms with Crippen molar-refractivity contribution in [3.8, 4) is 5.75 Å². The molecule has 0 amide bonds. The van der Waals surface area contributed by atoms with Gasteiger partial charge in [0, 0.05) is 17.6 Å². The first-order valence-electron chi connectivity index (χ1n) is 6.71. The molecular weight excluding hydrogens is 290 g/mol. The highest BCUT2D eigenvalue weighted by molar-refractivity contribution is 9.10. The van der Waals surface area contributed by atoms with Crippen molar-refractivity contribution in [2.24, 2.45) is 11.3 Å². The monoisotopic (exact) mass is 311 g/mol. The van der Waals surface area contributed by atoms with Crippen LogP contribution in [-0.2, 0) is 0 Å². The van der Waals surface area contributed by atoms with Gasteiger partial charge in [-0.25, -0.2) is 0 Å². The van der Waals surface area contributed by atoms with Crippen LogP contribution in [-0.4, -0.2) is 19.7 Å². The summed E-state index contributed by atoms with van der Waals surface area (Å²) in [6.07, 6.45) is 2.76. The Kier molecular flexibility index (Phi) is 4.68. The number of halogens is 1. The first-order valence-corrected chi connectivity index (χ1v) is 7.51. The van der Waals surface area contributed by atoms with E-state index in [9.17, 15) is 0 Å². The van der Waals surface area contributed by atoms with Crippen LogP contribution < -0.4 is 10.1 Å². The molecule has 2 nitrogen and oxygen atoms in total. The number of hydrogen-bond donors (Lipinski definition) is 1. The summed E-state index contributed by atoms with van der Waals surface area (Å²) >= 11 is 3.44. The number of benzene rings is 1. The SMILES string of the molecule is CC(C)C1(CNCCOc2cccc(Br)c2)CC1. The Morgan fingerprint density at radius 2 is 2.17 bits per heavy atom. The third-order valence-corrected chi connectivity index (χ3v) is 4.43.